The second-order valence-corrected chi connectivity index (χ2v) is 4.76. The van der Waals surface area contributed by atoms with E-state index >= 15 is 0 Å². The number of hydrogen-bond donors (Lipinski definition) is 1. The van der Waals surface area contributed by atoms with Crippen molar-refractivity contribution in [2.75, 3.05) is 13.1 Å². The molecule has 4 heteroatoms. The van der Waals surface area contributed by atoms with Gasteiger partial charge in [-0.05, 0) is 24.5 Å². The topological polar surface area (TPSA) is 57.6 Å². The van der Waals surface area contributed by atoms with Gasteiger partial charge in [0.05, 0.1) is 5.92 Å². The third-order valence-electron chi connectivity index (χ3n) is 3.45. The number of carboxylic acids is 1. The van der Waals surface area contributed by atoms with Gasteiger partial charge in [-0.1, -0.05) is 24.3 Å². The molecule has 4 nitrogen and oxygen atoms in total. The molecule has 0 aliphatic carbocycles. The number of benzene rings is 1. The van der Waals surface area contributed by atoms with Gasteiger partial charge >= 0.3 is 5.97 Å². The molecule has 0 radical (unpaired) electrons. The van der Waals surface area contributed by atoms with E-state index in [-0.39, 0.29) is 11.8 Å². The summed E-state index contributed by atoms with van der Waals surface area (Å²) in [4.78, 5) is 24.1. The summed E-state index contributed by atoms with van der Waals surface area (Å²) < 4.78 is 0. The smallest absolute Gasteiger partial charge is 0.310 e. The standard InChI is InChI=1S/C14H17NO3/c1-10-4-2-3-5-11(10)6-7-13(16)15-8-12(9-15)14(17)18/h2-5,12H,6-9H2,1H3,(H,17,18). The number of likely N-dealkylation sites (tertiary alicyclic amines) is 1. The monoisotopic (exact) mass is 247 g/mol. The van der Waals surface area contributed by atoms with Gasteiger partial charge in [0.15, 0.2) is 0 Å². The van der Waals surface area contributed by atoms with Crippen molar-refractivity contribution >= 4 is 11.9 Å². The van der Waals surface area contributed by atoms with Crippen LogP contribution in [0.5, 0.6) is 0 Å². The number of amides is 1. The highest BCUT2D eigenvalue weighted by atomic mass is 16.4. The quantitative estimate of drug-likeness (QED) is 0.876. The molecule has 0 unspecified atom stereocenters. The average Bonchev–Trinajstić information content (AvgIpc) is 2.25. The maximum Gasteiger partial charge on any atom is 0.310 e. The van der Waals surface area contributed by atoms with Gasteiger partial charge in [-0.15, -0.1) is 0 Å². The molecule has 0 aromatic heterocycles. The minimum atomic E-state index is -0.807. The van der Waals surface area contributed by atoms with E-state index < -0.39 is 5.97 Å². The zero-order valence-corrected chi connectivity index (χ0v) is 10.4. The van der Waals surface area contributed by atoms with Gasteiger partial charge in [0.2, 0.25) is 5.91 Å². The third kappa shape index (κ3) is 2.70. The Bertz CT molecular complexity index is 464. The van der Waals surface area contributed by atoms with Gasteiger partial charge in [0, 0.05) is 19.5 Å². The number of nitrogens with zero attached hydrogens (tertiary/aromatic N) is 1. The molecular formula is C14H17NO3. The number of carboxylic acid groups (broad SMARTS) is 1. The lowest BCUT2D eigenvalue weighted by atomic mass is 9.98. The van der Waals surface area contributed by atoms with Crippen molar-refractivity contribution in [3.05, 3.63) is 35.4 Å². The minimum Gasteiger partial charge on any atom is -0.481 e. The molecule has 1 aromatic carbocycles. The van der Waals surface area contributed by atoms with E-state index in [2.05, 4.69) is 0 Å². The Hall–Kier alpha value is -1.84. The first kappa shape index (κ1) is 12.6. The van der Waals surface area contributed by atoms with Crippen molar-refractivity contribution in [2.45, 2.75) is 19.8 Å². The van der Waals surface area contributed by atoms with Crippen LogP contribution in [0, 0.1) is 12.8 Å². The van der Waals surface area contributed by atoms with Gasteiger partial charge < -0.3 is 10.0 Å². The van der Waals surface area contributed by atoms with Crippen molar-refractivity contribution < 1.29 is 14.7 Å². The Morgan fingerprint density at radius 3 is 2.61 bits per heavy atom. The maximum atomic E-state index is 11.8. The highest BCUT2D eigenvalue weighted by Gasteiger charge is 2.35. The first-order valence-corrected chi connectivity index (χ1v) is 6.13. The van der Waals surface area contributed by atoms with Crippen LogP contribution in [-0.4, -0.2) is 35.0 Å². The van der Waals surface area contributed by atoms with Crippen LogP contribution < -0.4 is 0 Å². The van der Waals surface area contributed by atoms with E-state index in [1.807, 2.05) is 31.2 Å². The average molecular weight is 247 g/mol. The molecule has 1 N–H and O–H groups in total. The van der Waals surface area contributed by atoms with Gasteiger partial charge in [0.25, 0.3) is 0 Å². The van der Waals surface area contributed by atoms with E-state index in [1.54, 1.807) is 4.90 Å². The largest absolute Gasteiger partial charge is 0.481 e. The van der Waals surface area contributed by atoms with E-state index in [0.717, 1.165) is 6.42 Å². The van der Waals surface area contributed by atoms with Crippen LogP contribution in [0.15, 0.2) is 24.3 Å². The molecule has 0 atom stereocenters. The molecule has 96 valence electrons. The predicted molar refractivity (Wildman–Crippen MR) is 67.2 cm³/mol. The second kappa shape index (κ2) is 5.21. The number of rotatable bonds is 4. The van der Waals surface area contributed by atoms with Crippen molar-refractivity contribution in [1.29, 1.82) is 0 Å². The number of aliphatic carboxylic acids is 1. The van der Waals surface area contributed by atoms with Crippen LogP contribution in [0.25, 0.3) is 0 Å². The molecule has 18 heavy (non-hydrogen) atoms. The summed E-state index contributed by atoms with van der Waals surface area (Å²) in [5.74, 6) is -1.12. The molecule has 1 amide bonds. The van der Waals surface area contributed by atoms with Gasteiger partial charge in [0.1, 0.15) is 0 Å². The van der Waals surface area contributed by atoms with Crippen molar-refractivity contribution in [1.82, 2.24) is 4.90 Å². The fraction of sp³-hybridized carbons (Fsp3) is 0.429. The van der Waals surface area contributed by atoms with E-state index in [1.165, 1.54) is 11.1 Å². The molecule has 1 fully saturated rings. The van der Waals surface area contributed by atoms with Gasteiger partial charge in [-0.2, -0.15) is 0 Å². The Morgan fingerprint density at radius 1 is 1.33 bits per heavy atom. The van der Waals surface area contributed by atoms with E-state index in [0.29, 0.717) is 19.5 Å². The number of carbonyl (C=O) groups excluding carboxylic acids is 1. The summed E-state index contributed by atoms with van der Waals surface area (Å²) >= 11 is 0. The molecule has 0 saturated carbocycles. The van der Waals surface area contributed by atoms with Crippen LogP contribution in [0.4, 0.5) is 0 Å². The molecule has 1 heterocycles. The Morgan fingerprint density at radius 2 is 2.00 bits per heavy atom. The minimum absolute atomic E-state index is 0.0516. The fourth-order valence-electron chi connectivity index (χ4n) is 2.13. The van der Waals surface area contributed by atoms with Gasteiger partial charge in [-0.3, -0.25) is 9.59 Å². The fourth-order valence-corrected chi connectivity index (χ4v) is 2.13. The van der Waals surface area contributed by atoms with E-state index in [9.17, 15) is 9.59 Å². The highest BCUT2D eigenvalue weighted by Crippen LogP contribution is 2.18. The zero-order chi connectivity index (χ0) is 13.1. The summed E-state index contributed by atoms with van der Waals surface area (Å²) in [6.45, 7) is 2.76. The lowest BCUT2D eigenvalue weighted by Gasteiger charge is -2.36. The van der Waals surface area contributed by atoms with Crippen LogP contribution in [0.2, 0.25) is 0 Å². The summed E-state index contributed by atoms with van der Waals surface area (Å²) in [6, 6.07) is 8.01. The lowest BCUT2D eigenvalue weighted by molar-refractivity contribution is -0.152. The van der Waals surface area contributed by atoms with Crippen molar-refractivity contribution in [2.24, 2.45) is 5.92 Å². The number of carbonyl (C=O) groups is 2. The van der Waals surface area contributed by atoms with Gasteiger partial charge in [-0.25, -0.2) is 0 Å². The van der Waals surface area contributed by atoms with Crippen molar-refractivity contribution in [3.8, 4) is 0 Å². The normalized spacial score (nSPS) is 15.3. The molecule has 1 aliphatic rings. The molecular weight excluding hydrogens is 230 g/mol. The number of hydrogen-bond acceptors (Lipinski definition) is 2. The third-order valence-corrected chi connectivity index (χ3v) is 3.45. The second-order valence-electron chi connectivity index (χ2n) is 4.76. The van der Waals surface area contributed by atoms with Crippen LogP contribution in [-0.2, 0) is 16.0 Å². The summed E-state index contributed by atoms with van der Waals surface area (Å²) in [5.41, 5.74) is 2.37. The number of aryl methyl sites for hydroxylation is 2. The predicted octanol–water partition coefficient (Wildman–Crippen LogP) is 1.47. The lowest BCUT2D eigenvalue weighted by Crippen LogP contribution is -2.53. The molecule has 2 rings (SSSR count). The van der Waals surface area contributed by atoms with Crippen molar-refractivity contribution in [3.63, 3.8) is 0 Å². The van der Waals surface area contributed by atoms with E-state index in [4.69, 9.17) is 5.11 Å². The molecule has 0 bridgehead atoms. The first-order valence-electron chi connectivity index (χ1n) is 6.13. The summed E-state index contributed by atoms with van der Waals surface area (Å²) in [5, 5.41) is 8.74. The summed E-state index contributed by atoms with van der Waals surface area (Å²) in [7, 11) is 0. The van der Waals surface area contributed by atoms with Crippen LogP contribution in [0.1, 0.15) is 17.5 Å². The Balaban J connectivity index is 1.80. The zero-order valence-electron chi connectivity index (χ0n) is 10.4. The molecule has 0 spiro atoms. The molecule has 1 aromatic rings. The Kier molecular flexibility index (Phi) is 3.65. The SMILES string of the molecule is Cc1ccccc1CCC(=O)N1CC(C(=O)O)C1. The highest BCUT2D eigenvalue weighted by molar-refractivity contribution is 5.81. The Labute approximate surface area is 106 Å². The maximum absolute atomic E-state index is 11.8. The van der Waals surface area contributed by atoms with Crippen LogP contribution >= 0.6 is 0 Å². The van der Waals surface area contributed by atoms with Crippen LogP contribution in [0.3, 0.4) is 0 Å². The first-order chi connectivity index (χ1) is 8.58. The molecule has 1 saturated heterocycles. The summed E-state index contributed by atoms with van der Waals surface area (Å²) in [6.07, 6.45) is 1.18. The molecule has 1 aliphatic heterocycles.